The number of hydrazine groups is 1. The van der Waals surface area contributed by atoms with Crippen LogP contribution in [0.4, 0.5) is 5.95 Å². The number of aryl methyl sites for hydroxylation is 2. The van der Waals surface area contributed by atoms with E-state index in [4.69, 9.17) is 5.84 Å². The van der Waals surface area contributed by atoms with Crippen LogP contribution in [-0.4, -0.2) is 9.97 Å². The van der Waals surface area contributed by atoms with Gasteiger partial charge in [-0.05, 0) is 49.8 Å². The van der Waals surface area contributed by atoms with Gasteiger partial charge in [0.05, 0.1) is 11.3 Å². The van der Waals surface area contributed by atoms with Crippen molar-refractivity contribution in [1.29, 1.82) is 0 Å². The predicted molar refractivity (Wildman–Crippen MR) is 91.4 cm³/mol. The molecule has 1 heterocycles. The zero-order valence-electron chi connectivity index (χ0n) is 13.6. The largest absolute Gasteiger partial charge is 0.294 e. The Kier molecular flexibility index (Phi) is 3.10. The zero-order chi connectivity index (χ0) is 16.2. The lowest BCUT2D eigenvalue weighted by Gasteiger charge is -2.37. The molecular weight excluding hydrogens is 288 g/mol. The molecule has 0 aliphatic heterocycles. The average molecular weight is 310 g/mol. The highest BCUT2D eigenvalue weighted by Crippen LogP contribution is 2.51. The van der Waals surface area contributed by atoms with Crippen LogP contribution in [0.15, 0.2) is 16.9 Å². The molecule has 120 valence electrons. The molecule has 4 rings (SSSR count). The standard InChI is InChI=1S/C18H22N4O/c1-10-5-6-11(2)13-12(10)9-18(7-3-4-8-18)14-15(13)20-17(22-19)21-16(14)23/h5-6H,3-4,7-9,19H2,1-2H3,(H2,20,21,22,23). The van der Waals surface area contributed by atoms with Crippen molar-refractivity contribution in [1.82, 2.24) is 9.97 Å². The number of rotatable bonds is 1. The number of nitrogens with zero attached hydrogens (tertiary/aromatic N) is 1. The first-order valence-corrected chi connectivity index (χ1v) is 8.26. The van der Waals surface area contributed by atoms with Gasteiger partial charge in [-0.1, -0.05) is 25.0 Å². The molecule has 2 aliphatic carbocycles. The van der Waals surface area contributed by atoms with Gasteiger partial charge in [0.25, 0.3) is 5.56 Å². The minimum Gasteiger partial charge on any atom is -0.294 e. The summed E-state index contributed by atoms with van der Waals surface area (Å²) in [5.41, 5.74) is 9.01. The predicted octanol–water partition coefficient (Wildman–Crippen LogP) is 2.71. The molecule has 0 bridgehead atoms. The maximum absolute atomic E-state index is 12.8. The summed E-state index contributed by atoms with van der Waals surface area (Å²) >= 11 is 0. The molecule has 1 aromatic carbocycles. The highest BCUT2D eigenvalue weighted by atomic mass is 16.1. The highest BCUT2D eigenvalue weighted by Gasteiger charge is 2.44. The molecule has 1 aromatic heterocycles. The zero-order valence-corrected chi connectivity index (χ0v) is 13.6. The first-order chi connectivity index (χ1) is 11.1. The minimum atomic E-state index is -0.0609. The Bertz CT molecular complexity index is 847. The molecular formula is C18H22N4O. The first kappa shape index (κ1) is 14.5. The van der Waals surface area contributed by atoms with Crippen LogP contribution < -0.4 is 16.8 Å². The van der Waals surface area contributed by atoms with Crippen molar-refractivity contribution < 1.29 is 0 Å². The summed E-state index contributed by atoms with van der Waals surface area (Å²) in [5.74, 6) is 5.83. The van der Waals surface area contributed by atoms with E-state index in [0.717, 1.165) is 36.1 Å². The molecule has 2 aliphatic rings. The van der Waals surface area contributed by atoms with E-state index >= 15 is 0 Å². The summed E-state index contributed by atoms with van der Waals surface area (Å²) in [6, 6.07) is 4.29. The fourth-order valence-electron chi connectivity index (χ4n) is 4.55. The van der Waals surface area contributed by atoms with E-state index < -0.39 is 0 Å². The Morgan fingerprint density at radius 3 is 2.61 bits per heavy atom. The minimum absolute atomic E-state index is 0.0450. The number of nitrogens with one attached hydrogen (secondary N) is 2. The second kappa shape index (κ2) is 4.93. The van der Waals surface area contributed by atoms with E-state index in [9.17, 15) is 4.79 Å². The van der Waals surface area contributed by atoms with Gasteiger partial charge in [0.15, 0.2) is 0 Å². The number of aromatic nitrogens is 2. The average Bonchev–Trinajstić information content (AvgIpc) is 2.99. The van der Waals surface area contributed by atoms with Gasteiger partial charge in [0.1, 0.15) is 0 Å². The molecule has 1 spiro atoms. The summed E-state index contributed by atoms with van der Waals surface area (Å²) in [4.78, 5) is 20.3. The van der Waals surface area contributed by atoms with Crippen molar-refractivity contribution in [3.8, 4) is 11.3 Å². The number of nitrogen functional groups attached to an aromatic ring is 1. The number of H-pyrrole nitrogens is 1. The number of hydrogen-bond donors (Lipinski definition) is 3. The third-order valence-electron chi connectivity index (χ3n) is 5.65. The fourth-order valence-corrected chi connectivity index (χ4v) is 4.55. The van der Waals surface area contributed by atoms with Crippen LogP contribution in [0.1, 0.15) is 47.9 Å². The topological polar surface area (TPSA) is 83.8 Å². The summed E-state index contributed by atoms with van der Waals surface area (Å²) in [6.45, 7) is 4.24. The summed E-state index contributed by atoms with van der Waals surface area (Å²) < 4.78 is 0. The van der Waals surface area contributed by atoms with Crippen LogP contribution in [0.5, 0.6) is 0 Å². The van der Waals surface area contributed by atoms with E-state index in [2.05, 4.69) is 41.4 Å². The lowest BCUT2D eigenvalue weighted by molar-refractivity contribution is 0.426. The molecule has 5 nitrogen and oxygen atoms in total. The Hall–Kier alpha value is -2.14. The lowest BCUT2D eigenvalue weighted by Crippen LogP contribution is -2.38. The normalized spacial score (nSPS) is 17.9. The Morgan fingerprint density at radius 1 is 1.22 bits per heavy atom. The van der Waals surface area contributed by atoms with E-state index in [1.165, 1.54) is 29.5 Å². The summed E-state index contributed by atoms with van der Waals surface area (Å²) in [5, 5.41) is 0. The molecule has 0 atom stereocenters. The van der Waals surface area contributed by atoms with Crippen LogP contribution in [-0.2, 0) is 11.8 Å². The van der Waals surface area contributed by atoms with Gasteiger partial charge in [-0.2, -0.15) is 0 Å². The fraction of sp³-hybridized carbons (Fsp3) is 0.444. The van der Waals surface area contributed by atoms with Gasteiger partial charge >= 0.3 is 0 Å². The van der Waals surface area contributed by atoms with Crippen molar-refractivity contribution in [3.63, 3.8) is 0 Å². The SMILES string of the molecule is Cc1ccc(C)c2c1CC1(CCCC1)c1c-2nc(NN)[nH]c1=O. The molecule has 1 saturated carbocycles. The van der Waals surface area contributed by atoms with Crippen molar-refractivity contribution >= 4 is 5.95 Å². The first-order valence-electron chi connectivity index (χ1n) is 8.26. The number of benzene rings is 1. The molecule has 2 aromatic rings. The number of nitrogens with two attached hydrogens (primary N) is 1. The van der Waals surface area contributed by atoms with Crippen LogP contribution >= 0.6 is 0 Å². The monoisotopic (exact) mass is 310 g/mol. The van der Waals surface area contributed by atoms with Crippen LogP contribution in [0.3, 0.4) is 0 Å². The Labute approximate surface area is 135 Å². The second-order valence-corrected chi connectivity index (χ2v) is 7.00. The van der Waals surface area contributed by atoms with E-state index in [-0.39, 0.29) is 11.0 Å². The van der Waals surface area contributed by atoms with E-state index in [1.807, 2.05) is 0 Å². The van der Waals surface area contributed by atoms with Gasteiger partial charge in [0, 0.05) is 11.0 Å². The van der Waals surface area contributed by atoms with Gasteiger partial charge in [0.2, 0.25) is 5.95 Å². The van der Waals surface area contributed by atoms with E-state index in [1.54, 1.807) is 0 Å². The van der Waals surface area contributed by atoms with Crippen molar-refractivity contribution in [2.45, 2.75) is 51.4 Å². The van der Waals surface area contributed by atoms with E-state index in [0.29, 0.717) is 5.95 Å². The number of fused-ring (bicyclic) bond motifs is 4. The van der Waals surface area contributed by atoms with Crippen molar-refractivity contribution in [2.24, 2.45) is 5.84 Å². The third-order valence-corrected chi connectivity index (χ3v) is 5.65. The molecule has 5 heteroatoms. The van der Waals surface area contributed by atoms with Gasteiger partial charge in [-0.15, -0.1) is 0 Å². The maximum Gasteiger partial charge on any atom is 0.256 e. The van der Waals surface area contributed by atoms with Gasteiger partial charge < -0.3 is 0 Å². The number of aromatic amines is 1. The van der Waals surface area contributed by atoms with Gasteiger partial charge in [-0.3, -0.25) is 15.2 Å². The van der Waals surface area contributed by atoms with Crippen LogP contribution in [0, 0.1) is 13.8 Å². The van der Waals surface area contributed by atoms with Crippen molar-refractivity contribution in [2.75, 3.05) is 5.43 Å². The number of anilines is 1. The Morgan fingerprint density at radius 2 is 1.91 bits per heavy atom. The molecule has 23 heavy (non-hydrogen) atoms. The third kappa shape index (κ3) is 1.96. The number of hydrogen-bond acceptors (Lipinski definition) is 4. The summed E-state index contributed by atoms with van der Waals surface area (Å²) in [7, 11) is 0. The summed E-state index contributed by atoms with van der Waals surface area (Å²) in [6.07, 6.45) is 5.43. The molecule has 0 saturated heterocycles. The van der Waals surface area contributed by atoms with Gasteiger partial charge in [-0.25, -0.2) is 10.8 Å². The molecule has 0 amide bonds. The molecule has 0 unspecified atom stereocenters. The highest BCUT2D eigenvalue weighted by molar-refractivity contribution is 5.76. The van der Waals surface area contributed by atoms with Crippen LogP contribution in [0.25, 0.3) is 11.3 Å². The second-order valence-electron chi connectivity index (χ2n) is 7.00. The van der Waals surface area contributed by atoms with Crippen LogP contribution in [0.2, 0.25) is 0 Å². The molecule has 1 fully saturated rings. The smallest absolute Gasteiger partial charge is 0.256 e. The maximum atomic E-state index is 12.8. The molecule has 0 radical (unpaired) electrons. The lowest BCUT2D eigenvalue weighted by atomic mass is 9.67. The van der Waals surface area contributed by atoms with Crippen molar-refractivity contribution in [3.05, 3.63) is 44.7 Å². The Balaban J connectivity index is 2.11. The molecule has 4 N–H and O–H groups in total. The quantitative estimate of drug-likeness (QED) is 0.558.